The number of amides is 2. The molecule has 0 aliphatic carbocycles. The highest BCUT2D eigenvalue weighted by Crippen LogP contribution is 2.42. The summed E-state index contributed by atoms with van der Waals surface area (Å²) in [6, 6.07) is 10.7. The minimum Gasteiger partial charge on any atom is -0.451 e. The number of rotatable bonds is 8. The number of benzene rings is 1. The molecule has 0 radical (unpaired) electrons. The van der Waals surface area contributed by atoms with Crippen LogP contribution in [0.2, 0.25) is 0 Å². The first-order valence-corrected chi connectivity index (χ1v) is 12.6. The van der Waals surface area contributed by atoms with Gasteiger partial charge in [0, 0.05) is 31.7 Å². The summed E-state index contributed by atoms with van der Waals surface area (Å²) in [6.45, 7) is 11.9. The molecule has 0 bridgehead atoms. The van der Waals surface area contributed by atoms with E-state index in [2.05, 4.69) is 17.2 Å². The van der Waals surface area contributed by atoms with E-state index >= 15 is 0 Å². The average molecular weight is 488 g/mol. The first-order chi connectivity index (χ1) is 15.9. The van der Waals surface area contributed by atoms with Crippen LogP contribution in [0.1, 0.15) is 43.6 Å². The van der Waals surface area contributed by atoms with Crippen molar-refractivity contribution in [2.24, 2.45) is 10.8 Å². The molecule has 1 saturated heterocycles. The molecule has 2 N–H and O–H groups in total. The van der Waals surface area contributed by atoms with Crippen LogP contribution in [0.3, 0.4) is 0 Å². The lowest BCUT2D eigenvalue weighted by Gasteiger charge is -2.52. The number of piperidine rings is 1. The summed E-state index contributed by atoms with van der Waals surface area (Å²) in [5.41, 5.74) is 0.129. The van der Waals surface area contributed by atoms with Gasteiger partial charge in [-0.15, -0.1) is 0 Å². The van der Waals surface area contributed by atoms with Crippen LogP contribution in [-0.4, -0.2) is 50.2 Å². The summed E-state index contributed by atoms with van der Waals surface area (Å²) in [5.74, 6) is -0.691. The maximum atomic E-state index is 13.4. The second-order valence-electron chi connectivity index (χ2n) is 10.0. The molecule has 1 aromatic carbocycles. The normalized spacial score (nSPS) is 18.2. The number of carbonyl (C=O) groups excluding carboxylic acids is 2. The molecule has 0 unspecified atom stereocenters. The molecule has 2 aromatic rings. The topological polar surface area (TPSA) is 109 Å². The Bertz CT molecular complexity index is 1130. The molecule has 0 atom stereocenters. The maximum Gasteiger partial charge on any atom is 0.276 e. The molecule has 9 heteroatoms. The van der Waals surface area contributed by atoms with Gasteiger partial charge in [-0.2, -0.15) is 4.31 Å². The Morgan fingerprint density at radius 1 is 1.15 bits per heavy atom. The SMILES string of the molecule is C=CC(=O)NC1C(C)(C)CN(S(=O)(=O)c2cc(C(=O)NCCc3ccccc3)co2)CC1(C)C. The lowest BCUT2D eigenvalue weighted by molar-refractivity contribution is -0.120. The van der Waals surface area contributed by atoms with Crippen molar-refractivity contribution >= 4 is 21.8 Å². The molecule has 1 fully saturated rings. The first-order valence-electron chi connectivity index (χ1n) is 11.2. The standard InChI is InChI=1S/C25H33N3O5S/c1-6-20(29)27-23-24(2,3)16-28(17-25(23,4)5)34(31,32)21-14-19(15-33-21)22(30)26-13-12-18-10-8-7-9-11-18/h6-11,14-15,23H,1,12-13,16-17H2,2-5H3,(H,26,30)(H,27,29). The fourth-order valence-corrected chi connectivity index (χ4v) is 6.44. The Morgan fingerprint density at radius 3 is 2.35 bits per heavy atom. The van der Waals surface area contributed by atoms with Gasteiger partial charge in [0.2, 0.25) is 11.0 Å². The Balaban J connectivity index is 1.71. The van der Waals surface area contributed by atoms with Gasteiger partial charge >= 0.3 is 0 Å². The molecule has 1 aliphatic rings. The van der Waals surface area contributed by atoms with Gasteiger partial charge in [0.1, 0.15) is 6.26 Å². The third kappa shape index (κ3) is 5.59. The summed E-state index contributed by atoms with van der Waals surface area (Å²) < 4.78 is 33.5. The molecular weight excluding hydrogens is 454 g/mol. The smallest absolute Gasteiger partial charge is 0.276 e. The van der Waals surface area contributed by atoms with Gasteiger partial charge in [-0.3, -0.25) is 9.59 Å². The van der Waals surface area contributed by atoms with Crippen LogP contribution in [0.25, 0.3) is 0 Å². The lowest BCUT2D eigenvalue weighted by atomic mass is 9.67. The van der Waals surface area contributed by atoms with Crippen LogP contribution >= 0.6 is 0 Å². The van der Waals surface area contributed by atoms with Gasteiger partial charge in [0.15, 0.2) is 0 Å². The van der Waals surface area contributed by atoms with Crippen molar-refractivity contribution in [1.29, 1.82) is 0 Å². The quantitative estimate of drug-likeness (QED) is 0.557. The summed E-state index contributed by atoms with van der Waals surface area (Å²) >= 11 is 0. The third-order valence-electron chi connectivity index (χ3n) is 6.18. The largest absolute Gasteiger partial charge is 0.451 e. The number of hydrogen-bond donors (Lipinski definition) is 2. The van der Waals surface area contributed by atoms with E-state index in [1.807, 2.05) is 58.0 Å². The van der Waals surface area contributed by atoms with Gasteiger partial charge in [-0.05, 0) is 28.9 Å². The molecular formula is C25H33N3O5S. The fraction of sp³-hybridized carbons (Fsp3) is 0.440. The molecule has 1 aliphatic heterocycles. The number of sulfonamides is 1. The number of furan rings is 1. The van der Waals surface area contributed by atoms with Crippen molar-refractivity contribution < 1.29 is 22.4 Å². The van der Waals surface area contributed by atoms with E-state index in [9.17, 15) is 18.0 Å². The van der Waals surface area contributed by atoms with E-state index in [0.29, 0.717) is 13.0 Å². The molecule has 0 spiro atoms. The Morgan fingerprint density at radius 2 is 1.76 bits per heavy atom. The van der Waals surface area contributed by atoms with Crippen LogP contribution < -0.4 is 10.6 Å². The molecule has 1 aromatic heterocycles. The van der Waals surface area contributed by atoms with Crippen molar-refractivity contribution in [1.82, 2.24) is 14.9 Å². The summed E-state index contributed by atoms with van der Waals surface area (Å²) in [4.78, 5) is 24.5. The maximum absolute atomic E-state index is 13.4. The number of nitrogens with zero attached hydrogens (tertiary/aromatic N) is 1. The third-order valence-corrected chi connectivity index (χ3v) is 7.84. The van der Waals surface area contributed by atoms with Crippen LogP contribution in [0.15, 0.2) is 64.8 Å². The Kier molecular flexibility index (Phi) is 7.38. The van der Waals surface area contributed by atoms with Crippen molar-refractivity contribution in [3.63, 3.8) is 0 Å². The van der Waals surface area contributed by atoms with Gasteiger partial charge in [0.25, 0.3) is 15.9 Å². The molecule has 3 rings (SSSR count). The van der Waals surface area contributed by atoms with Gasteiger partial charge < -0.3 is 15.1 Å². The zero-order valence-electron chi connectivity index (χ0n) is 20.1. The first kappa shape index (κ1) is 25.7. The Labute approximate surface area is 201 Å². The highest BCUT2D eigenvalue weighted by molar-refractivity contribution is 7.89. The number of nitrogens with one attached hydrogen (secondary N) is 2. The zero-order chi connectivity index (χ0) is 25.1. The van der Waals surface area contributed by atoms with Crippen molar-refractivity contribution in [2.45, 2.75) is 45.2 Å². The van der Waals surface area contributed by atoms with Crippen LogP contribution in [0.5, 0.6) is 0 Å². The fourth-order valence-electron chi connectivity index (χ4n) is 4.73. The monoisotopic (exact) mass is 487 g/mol. The predicted octanol–water partition coefficient (Wildman–Crippen LogP) is 2.98. The summed E-state index contributed by atoms with van der Waals surface area (Å²) in [7, 11) is -3.98. The van der Waals surface area contributed by atoms with Crippen LogP contribution in [0.4, 0.5) is 0 Å². The summed E-state index contributed by atoms with van der Waals surface area (Å²) in [5, 5.41) is 5.47. The molecule has 2 heterocycles. The highest BCUT2D eigenvalue weighted by Gasteiger charge is 2.51. The second kappa shape index (κ2) is 9.76. The molecule has 34 heavy (non-hydrogen) atoms. The zero-order valence-corrected chi connectivity index (χ0v) is 20.9. The Hall–Kier alpha value is -2.91. The van der Waals surface area contributed by atoms with Crippen LogP contribution in [0, 0.1) is 10.8 Å². The van der Waals surface area contributed by atoms with E-state index in [0.717, 1.165) is 11.8 Å². The second-order valence-corrected chi connectivity index (χ2v) is 11.9. The number of hydrogen-bond acceptors (Lipinski definition) is 5. The predicted molar refractivity (Wildman–Crippen MR) is 130 cm³/mol. The van der Waals surface area contributed by atoms with Crippen molar-refractivity contribution in [3.05, 3.63) is 66.4 Å². The molecule has 8 nitrogen and oxygen atoms in total. The van der Waals surface area contributed by atoms with E-state index in [4.69, 9.17) is 4.42 Å². The average Bonchev–Trinajstić information content (AvgIpc) is 3.27. The van der Waals surface area contributed by atoms with E-state index in [-0.39, 0.29) is 35.7 Å². The van der Waals surface area contributed by atoms with Crippen molar-refractivity contribution in [3.8, 4) is 0 Å². The number of carbonyl (C=O) groups is 2. The molecule has 184 valence electrons. The van der Waals surface area contributed by atoms with E-state index < -0.39 is 26.8 Å². The summed E-state index contributed by atoms with van der Waals surface area (Å²) in [6.07, 6.45) is 3.04. The van der Waals surface area contributed by atoms with E-state index in [1.165, 1.54) is 16.4 Å². The lowest BCUT2D eigenvalue weighted by Crippen LogP contribution is -2.64. The van der Waals surface area contributed by atoms with Gasteiger partial charge in [-0.25, -0.2) is 8.42 Å². The van der Waals surface area contributed by atoms with Crippen LogP contribution in [-0.2, 0) is 21.2 Å². The van der Waals surface area contributed by atoms with Crippen molar-refractivity contribution in [2.75, 3.05) is 19.6 Å². The molecule has 0 saturated carbocycles. The minimum atomic E-state index is -3.98. The highest BCUT2D eigenvalue weighted by atomic mass is 32.2. The van der Waals surface area contributed by atoms with Gasteiger partial charge in [-0.1, -0.05) is 64.6 Å². The van der Waals surface area contributed by atoms with Gasteiger partial charge in [0.05, 0.1) is 5.56 Å². The minimum absolute atomic E-state index is 0.151. The van der Waals surface area contributed by atoms with E-state index in [1.54, 1.807) is 0 Å². The molecule has 2 amide bonds.